The molecule has 1 atom stereocenters. The van der Waals surface area contributed by atoms with Crippen molar-refractivity contribution < 1.29 is 0 Å². The van der Waals surface area contributed by atoms with Gasteiger partial charge in [-0.1, -0.05) is 6.07 Å². The van der Waals surface area contributed by atoms with E-state index in [1.165, 1.54) is 31.6 Å². The molecule has 16 heavy (non-hydrogen) atoms. The van der Waals surface area contributed by atoms with Crippen LogP contribution in [0.3, 0.4) is 0 Å². The summed E-state index contributed by atoms with van der Waals surface area (Å²) in [7, 11) is 2.18. The number of nitrogens with zero attached hydrogens (tertiary/aromatic N) is 2. The van der Waals surface area contributed by atoms with Gasteiger partial charge in [0.05, 0.1) is 0 Å². The molecule has 1 aromatic rings. The van der Waals surface area contributed by atoms with E-state index >= 15 is 0 Å². The molecule has 1 N–H and O–H groups in total. The van der Waals surface area contributed by atoms with E-state index in [0.717, 1.165) is 17.1 Å². The van der Waals surface area contributed by atoms with Gasteiger partial charge in [0.15, 0.2) is 0 Å². The van der Waals surface area contributed by atoms with Gasteiger partial charge in [0.1, 0.15) is 4.60 Å². The van der Waals surface area contributed by atoms with Crippen molar-refractivity contribution in [2.24, 2.45) is 5.92 Å². The predicted molar refractivity (Wildman–Crippen MR) is 69.2 cm³/mol. The maximum atomic E-state index is 4.24. The monoisotopic (exact) mass is 283 g/mol. The van der Waals surface area contributed by atoms with E-state index in [0.29, 0.717) is 0 Å². The third-order valence-electron chi connectivity index (χ3n) is 2.97. The van der Waals surface area contributed by atoms with Crippen molar-refractivity contribution >= 4 is 15.9 Å². The molecule has 2 heterocycles. The second kappa shape index (κ2) is 5.75. The minimum absolute atomic E-state index is 0.813. The van der Waals surface area contributed by atoms with Crippen molar-refractivity contribution in [3.05, 3.63) is 28.5 Å². The molecule has 1 aliphatic rings. The van der Waals surface area contributed by atoms with Crippen LogP contribution in [0.2, 0.25) is 0 Å². The van der Waals surface area contributed by atoms with E-state index in [9.17, 15) is 0 Å². The molecule has 1 saturated heterocycles. The summed E-state index contributed by atoms with van der Waals surface area (Å²) >= 11 is 3.35. The van der Waals surface area contributed by atoms with Crippen LogP contribution in [-0.4, -0.2) is 36.6 Å². The molecule has 2 rings (SSSR count). The van der Waals surface area contributed by atoms with E-state index in [4.69, 9.17) is 0 Å². The molecule has 1 aliphatic heterocycles. The van der Waals surface area contributed by atoms with Gasteiger partial charge < -0.3 is 10.2 Å². The summed E-state index contributed by atoms with van der Waals surface area (Å²) in [5.74, 6) is 0.813. The lowest BCUT2D eigenvalue weighted by molar-refractivity contribution is 0.278. The first-order valence-electron chi connectivity index (χ1n) is 5.74. The number of hydrogen-bond donors (Lipinski definition) is 1. The molecule has 0 unspecified atom stereocenters. The molecule has 1 aromatic heterocycles. The maximum Gasteiger partial charge on any atom is 0.106 e. The Hall–Kier alpha value is -0.450. The van der Waals surface area contributed by atoms with E-state index in [1.54, 1.807) is 0 Å². The van der Waals surface area contributed by atoms with Crippen LogP contribution in [0.25, 0.3) is 0 Å². The summed E-state index contributed by atoms with van der Waals surface area (Å²) in [6.45, 7) is 4.50. The van der Waals surface area contributed by atoms with Crippen LogP contribution in [0.15, 0.2) is 22.9 Å². The van der Waals surface area contributed by atoms with E-state index in [1.807, 2.05) is 12.3 Å². The first-order chi connectivity index (χ1) is 7.74. The standard InChI is InChI=1S/C12H18BrN3/c1-16(9-11-4-5-14-6-11)8-10-2-3-12(13)15-7-10/h2-3,7,11,14H,4-6,8-9H2,1H3/t11-/m0/s1. The average Bonchev–Trinajstić information content (AvgIpc) is 2.74. The number of hydrogen-bond acceptors (Lipinski definition) is 3. The first-order valence-corrected chi connectivity index (χ1v) is 6.53. The number of nitrogens with one attached hydrogen (secondary N) is 1. The van der Waals surface area contributed by atoms with Crippen molar-refractivity contribution in [1.29, 1.82) is 0 Å². The Morgan fingerprint density at radius 1 is 1.56 bits per heavy atom. The van der Waals surface area contributed by atoms with Gasteiger partial charge >= 0.3 is 0 Å². The maximum absolute atomic E-state index is 4.24. The minimum Gasteiger partial charge on any atom is -0.316 e. The summed E-state index contributed by atoms with van der Waals surface area (Å²) in [5.41, 5.74) is 1.27. The molecule has 0 amide bonds. The number of halogens is 1. The van der Waals surface area contributed by atoms with Crippen LogP contribution in [0.1, 0.15) is 12.0 Å². The summed E-state index contributed by atoms with van der Waals surface area (Å²) < 4.78 is 0.902. The largest absolute Gasteiger partial charge is 0.316 e. The van der Waals surface area contributed by atoms with Crippen molar-refractivity contribution in [2.75, 3.05) is 26.7 Å². The predicted octanol–water partition coefficient (Wildman–Crippen LogP) is 1.89. The van der Waals surface area contributed by atoms with E-state index in [2.05, 4.69) is 44.2 Å². The lowest BCUT2D eigenvalue weighted by Crippen LogP contribution is -2.26. The van der Waals surface area contributed by atoms with Gasteiger partial charge in [-0.15, -0.1) is 0 Å². The highest BCUT2D eigenvalue weighted by Crippen LogP contribution is 2.12. The molecule has 0 aliphatic carbocycles. The van der Waals surface area contributed by atoms with Gasteiger partial charge in [-0.05, 0) is 60.0 Å². The highest BCUT2D eigenvalue weighted by molar-refractivity contribution is 9.10. The third kappa shape index (κ3) is 3.54. The molecule has 0 saturated carbocycles. The molecule has 1 fully saturated rings. The second-order valence-corrected chi connectivity index (χ2v) is 5.36. The Labute approximate surface area is 105 Å². The van der Waals surface area contributed by atoms with E-state index in [-0.39, 0.29) is 0 Å². The van der Waals surface area contributed by atoms with Gasteiger partial charge in [-0.2, -0.15) is 0 Å². The molecular weight excluding hydrogens is 266 g/mol. The van der Waals surface area contributed by atoms with Crippen molar-refractivity contribution in [3.8, 4) is 0 Å². The van der Waals surface area contributed by atoms with E-state index < -0.39 is 0 Å². The Balaban J connectivity index is 1.81. The quantitative estimate of drug-likeness (QED) is 0.856. The van der Waals surface area contributed by atoms with Crippen molar-refractivity contribution in [2.45, 2.75) is 13.0 Å². The van der Waals surface area contributed by atoms with Gasteiger partial charge in [0.2, 0.25) is 0 Å². The van der Waals surface area contributed by atoms with Crippen LogP contribution >= 0.6 is 15.9 Å². The molecule has 4 heteroatoms. The van der Waals surface area contributed by atoms with Crippen LogP contribution in [0.5, 0.6) is 0 Å². The van der Waals surface area contributed by atoms with Gasteiger partial charge in [0.25, 0.3) is 0 Å². The molecule has 0 bridgehead atoms. The SMILES string of the molecule is CN(Cc1ccc(Br)nc1)C[C@H]1CCNC1. The highest BCUT2D eigenvalue weighted by Gasteiger charge is 2.16. The minimum atomic E-state index is 0.813. The molecule has 3 nitrogen and oxygen atoms in total. The summed E-state index contributed by atoms with van der Waals surface area (Å²) in [5, 5.41) is 3.40. The fourth-order valence-corrected chi connectivity index (χ4v) is 2.42. The number of aromatic nitrogens is 1. The number of pyridine rings is 1. The zero-order valence-electron chi connectivity index (χ0n) is 9.62. The Kier molecular flexibility index (Phi) is 4.32. The third-order valence-corrected chi connectivity index (χ3v) is 3.44. The van der Waals surface area contributed by atoms with Crippen molar-refractivity contribution in [3.63, 3.8) is 0 Å². The Morgan fingerprint density at radius 3 is 3.06 bits per heavy atom. The average molecular weight is 284 g/mol. The zero-order valence-corrected chi connectivity index (χ0v) is 11.2. The zero-order chi connectivity index (χ0) is 11.4. The van der Waals surface area contributed by atoms with Crippen LogP contribution < -0.4 is 5.32 Å². The van der Waals surface area contributed by atoms with Gasteiger partial charge in [-0.25, -0.2) is 4.98 Å². The fraction of sp³-hybridized carbons (Fsp3) is 0.583. The summed E-state index contributed by atoms with van der Waals surface area (Å²) in [4.78, 5) is 6.62. The molecule has 0 radical (unpaired) electrons. The van der Waals surface area contributed by atoms with Crippen LogP contribution in [0.4, 0.5) is 0 Å². The second-order valence-electron chi connectivity index (χ2n) is 4.54. The lowest BCUT2D eigenvalue weighted by Gasteiger charge is -2.20. The summed E-state index contributed by atoms with van der Waals surface area (Å²) in [6, 6.07) is 4.13. The molecular formula is C12H18BrN3. The van der Waals surface area contributed by atoms with Crippen molar-refractivity contribution in [1.82, 2.24) is 15.2 Å². The molecule has 0 spiro atoms. The topological polar surface area (TPSA) is 28.2 Å². The Bertz CT molecular complexity index is 320. The summed E-state index contributed by atoms with van der Waals surface area (Å²) in [6.07, 6.45) is 3.25. The van der Waals surface area contributed by atoms with Crippen LogP contribution in [-0.2, 0) is 6.54 Å². The molecule has 88 valence electrons. The van der Waals surface area contributed by atoms with Gasteiger partial charge in [0, 0.05) is 19.3 Å². The number of rotatable bonds is 4. The fourth-order valence-electron chi connectivity index (χ4n) is 2.19. The normalized spacial score (nSPS) is 20.6. The smallest absolute Gasteiger partial charge is 0.106 e. The molecule has 0 aromatic carbocycles. The lowest BCUT2D eigenvalue weighted by atomic mass is 10.1. The highest BCUT2D eigenvalue weighted by atomic mass is 79.9. The first kappa shape index (κ1) is 12.0. The Morgan fingerprint density at radius 2 is 2.44 bits per heavy atom. The van der Waals surface area contributed by atoms with Crippen LogP contribution in [0, 0.1) is 5.92 Å². The van der Waals surface area contributed by atoms with Gasteiger partial charge in [-0.3, -0.25) is 0 Å².